The first-order chi connectivity index (χ1) is 10.8. The number of amides is 1. The van der Waals surface area contributed by atoms with Gasteiger partial charge in [-0.15, -0.1) is 0 Å². The summed E-state index contributed by atoms with van der Waals surface area (Å²) < 4.78 is 7.80. The summed E-state index contributed by atoms with van der Waals surface area (Å²) in [6.45, 7) is 1.90. The van der Waals surface area contributed by atoms with Crippen LogP contribution in [-0.4, -0.2) is 45.9 Å². The molecule has 2 fully saturated rings. The van der Waals surface area contributed by atoms with Crippen LogP contribution in [0.1, 0.15) is 51.4 Å². The van der Waals surface area contributed by atoms with Crippen LogP contribution in [0.2, 0.25) is 0 Å². The third kappa shape index (κ3) is 4.09. The van der Waals surface area contributed by atoms with E-state index >= 15 is 0 Å². The topological polar surface area (TPSA) is 47.4 Å². The first-order valence-corrected chi connectivity index (χ1v) is 8.71. The lowest BCUT2D eigenvalue weighted by atomic mass is 9.98. The van der Waals surface area contributed by atoms with E-state index in [-0.39, 0.29) is 18.6 Å². The summed E-state index contributed by atoms with van der Waals surface area (Å²) in [6.07, 6.45) is 13.4. The van der Waals surface area contributed by atoms with E-state index in [1.807, 2.05) is 21.8 Å². The van der Waals surface area contributed by atoms with Crippen LogP contribution in [0.3, 0.4) is 0 Å². The van der Waals surface area contributed by atoms with Crippen molar-refractivity contribution in [3.63, 3.8) is 0 Å². The zero-order valence-corrected chi connectivity index (χ0v) is 13.3. The van der Waals surface area contributed by atoms with E-state index in [1.165, 1.54) is 25.7 Å². The van der Waals surface area contributed by atoms with Crippen molar-refractivity contribution in [3.8, 4) is 0 Å². The Kier molecular flexibility index (Phi) is 5.48. The highest BCUT2D eigenvalue weighted by atomic mass is 16.5. The molecule has 1 aromatic rings. The van der Waals surface area contributed by atoms with Gasteiger partial charge in [-0.2, -0.15) is 5.10 Å². The molecule has 0 radical (unpaired) electrons. The van der Waals surface area contributed by atoms with Crippen LogP contribution in [0.5, 0.6) is 0 Å². The van der Waals surface area contributed by atoms with E-state index in [0.29, 0.717) is 6.10 Å². The number of carbonyl (C=O) groups excluding carboxylic acids is 1. The van der Waals surface area contributed by atoms with Gasteiger partial charge < -0.3 is 9.64 Å². The van der Waals surface area contributed by atoms with E-state index < -0.39 is 0 Å². The molecule has 1 saturated heterocycles. The monoisotopic (exact) mass is 305 g/mol. The van der Waals surface area contributed by atoms with Crippen molar-refractivity contribution in [3.05, 3.63) is 18.5 Å². The Hall–Kier alpha value is -1.36. The summed E-state index contributed by atoms with van der Waals surface area (Å²) in [5.74, 6) is 0.155. The van der Waals surface area contributed by atoms with Crippen LogP contribution >= 0.6 is 0 Å². The molecule has 5 nitrogen and oxygen atoms in total. The van der Waals surface area contributed by atoms with Crippen LogP contribution in [0.4, 0.5) is 0 Å². The third-order valence-electron chi connectivity index (χ3n) is 4.90. The van der Waals surface area contributed by atoms with Crippen molar-refractivity contribution < 1.29 is 9.53 Å². The molecule has 2 aliphatic rings. The Bertz CT molecular complexity index is 454. The molecule has 3 rings (SSSR count). The molecule has 0 unspecified atom stereocenters. The second kappa shape index (κ2) is 7.77. The average Bonchev–Trinajstić information content (AvgIpc) is 3.07. The van der Waals surface area contributed by atoms with E-state index in [9.17, 15) is 4.79 Å². The predicted molar refractivity (Wildman–Crippen MR) is 84.4 cm³/mol. The Morgan fingerprint density at radius 2 is 1.95 bits per heavy atom. The Balaban J connectivity index is 1.51. The normalized spacial score (nSPS) is 23.6. The summed E-state index contributed by atoms with van der Waals surface area (Å²) in [7, 11) is 0. The summed E-state index contributed by atoms with van der Waals surface area (Å²) in [4.78, 5) is 14.6. The summed E-state index contributed by atoms with van der Waals surface area (Å²) in [5, 5.41) is 4.27. The van der Waals surface area contributed by atoms with E-state index in [0.717, 1.165) is 38.8 Å². The lowest BCUT2D eigenvalue weighted by Crippen LogP contribution is -2.47. The maximum Gasteiger partial charge on any atom is 0.248 e. The number of nitrogens with zero attached hydrogens (tertiary/aromatic N) is 3. The molecule has 22 heavy (non-hydrogen) atoms. The minimum Gasteiger partial charge on any atom is -0.368 e. The Labute approximate surface area is 132 Å². The number of hydrogen-bond donors (Lipinski definition) is 0. The molecular formula is C17H27N3O2. The van der Waals surface area contributed by atoms with Crippen LogP contribution in [-0.2, 0) is 16.1 Å². The first kappa shape index (κ1) is 15.5. The summed E-state index contributed by atoms with van der Waals surface area (Å²) in [5.41, 5.74) is 0. The zero-order chi connectivity index (χ0) is 15.2. The lowest BCUT2D eigenvalue weighted by molar-refractivity contribution is -0.143. The standard InChI is InChI=1S/C17H27N3O2/c21-17(14-22-16-8-2-1-3-9-16)20-12-5-4-7-15(20)13-19-11-6-10-18-19/h6,10-11,15-16H,1-5,7-9,12-14H2/t15-/m1/s1. The molecule has 1 atom stereocenters. The van der Waals surface area contributed by atoms with Crippen molar-refractivity contribution in [2.45, 2.75) is 70.1 Å². The van der Waals surface area contributed by atoms with Gasteiger partial charge in [-0.05, 0) is 38.2 Å². The summed E-state index contributed by atoms with van der Waals surface area (Å²) >= 11 is 0. The van der Waals surface area contributed by atoms with Gasteiger partial charge in [-0.1, -0.05) is 19.3 Å². The molecule has 0 N–H and O–H groups in total. The molecule has 1 aromatic heterocycles. The molecule has 2 heterocycles. The van der Waals surface area contributed by atoms with Crippen LogP contribution in [0, 0.1) is 0 Å². The fraction of sp³-hybridized carbons (Fsp3) is 0.765. The molecule has 122 valence electrons. The largest absolute Gasteiger partial charge is 0.368 e. The second-order valence-electron chi connectivity index (χ2n) is 6.54. The van der Waals surface area contributed by atoms with E-state index in [4.69, 9.17) is 4.74 Å². The highest BCUT2D eigenvalue weighted by molar-refractivity contribution is 5.77. The number of piperidine rings is 1. The number of aromatic nitrogens is 2. The number of likely N-dealkylation sites (tertiary alicyclic amines) is 1. The van der Waals surface area contributed by atoms with Gasteiger partial charge in [0.1, 0.15) is 6.61 Å². The highest BCUT2D eigenvalue weighted by Crippen LogP contribution is 2.22. The van der Waals surface area contributed by atoms with Gasteiger partial charge in [0.05, 0.1) is 18.7 Å². The molecule has 0 bridgehead atoms. The van der Waals surface area contributed by atoms with E-state index in [1.54, 1.807) is 6.20 Å². The van der Waals surface area contributed by atoms with Crippen molar-refractivity contribution in [2.75, 3.05) is 13.2 Å². The quantitative estimate of drug-likeness (QED) is 0.840. The Morgan fingerprint density at radius 3 is 2.73 bits per heavy atom. The minimum absolute atomic E-state index is 0.155. The fourth-order valence-corrected chi connectivity index (χ4v) is 3.65. The maximum atomic E-state index is 12.6. The van der Waals surface area contributed by atoms with Crippen molar-refractivity contribution in [2.24, 2.45) is 0 Å². The molecule has 1 saturated carbocycles. The van der Waals surface area contributed by atoms with Gasteiger partial charge in [0.15, 0.2) is 0 Å². The van der Waals surface area contributed by atoms with Crippen LogP contribution in [0.25, 0.3) is 0 Å². The number of carbonyl (C=O) groups is 1. The first-order valence-electron chi connectivity index (χ1n) is 8.71. The number of ether oxygens (including phenoxy) is 1. The van der Waals surface area contributed by atoms with Crippen LogP contribution in [0.15, 0.2) is 18.5 Å². The minimum atomic E-state index is 0.155. The molecule has 0 aromatic carbocycles. The smallest absolute Gasteiger partial charge is 0.248 e. The maximum absolute atomic E-state index is 12.6. The van der Waals surface area contributed by atoms with Gasteiger partial charge in [-0.25, -0.2) is 0 Å². The van der Waals surface area contributed by atoms with Crippen LogP contribution < -0.4 is 0 Å². The van der Waals surface area contributed by atoms with Gasteiger partial charge in [0.25, 0.3) is 0 Å². The highest BCUT2D eigenvalue weighted by Gasteiger charge is 2.27. The summed E-state index contributed by atoms with van der Waals surface area (Å²) in [6, 6.07) is 2.19. The predicted octanol–water partition coefficient (Wildman–Crippen LogP) is 2.61. The van der Waals surface area contributed by atoms with E-state index in [2.05, 4.69) is 5.10 Å². The number of rotatable bonds is 5. The molecule has 0 spiro atoms. The zero-order valence-electron chi connectivity index (χ0n) is 13.3. The Morgan fingerprint density at radius 1 is 1.14 bits per heavy atom. The molecular weight excluding hydrogens is 278 g/mol. The third-order valence-corrected chi connectivity index (χ3v) is 4.90. The second-order valence-corrected chi connectivity index (χ2v) is 6.54. The molecule has 5 heteroatoms. The van der Waals surface area contributed by atoms with Gasteiger partial charge >= 0.3 is 0 Å². The van der Waals surface area contributed by atoms with Gasteiger partial charge in [0, 0.05) is 18.9 Å². The molecule has 1 aliphatic carbocycles. The average molecular weight is 305 g/mol. The van der Waals surface area contributed by atoms with Gasteiger partial charge in [-0.3, -0.25) is 9.48 Å². The van der Waals surface area contributed by atoms with Crippen molar-refractivity contribution >= 4 is 5.91 Å². The lowest BCUT2D eigenvalue weighted by Gasteiger charge is -2.36. The van der Waals surface area contributed by atoms with Crippen molar-refractivity contribution in [1.82, 2.24) is 14.7 Å². The SMILES string of the molecule is O=C(COC1CCCCC1)N1CCCC[C@@H]1Cn1cccn1. The molecule has 1 amide bonds. The fourth-order valence-electron chi connectivity index (χ4n) is 3.65. The number of hydrogen-bond acceptors (Lipinski definition) is 3. The molecule has 1 aliphatic heterocycles. The van der Waals surface area contributed by atoms with Gasteiger partial charge in [0.2, 0.25) is 5.91 Å². The van der Waals surface area contributed by atoms with Crippen molar-refractivity contribution in [1.29, 1.82) is 0 Å².